The number of halogens is 3. The number of aryl methyl sites for hydroxylation is 2. The predicted molar refractivity (Wildman–Crippen MR) is 121 cm³/mol. The van der Waals surface area contributed by atoms with Gasteiger partial charge in [-0.3, -0.25) is 0 Å². The molecule has 2 aliphatic heterocycles. The molecule has 1 saturated carbocycles. The Bertz CT molecular complexity index is 1240. The smallest absolute Gasteiger partial charge is 0.194 e. The third-order valence-electron chi connectivity index (χ3n) is 7.69. The van der Waals surface area contributed by atoms with Crippen LogP contribution in [-0.2, 0) is 17.7 Å². The Kier molecular flexibility index (Phi) is 5.70. The van der Waals surface area contributed by atoms with Crippen LogP contribution >= 0.6 is 0 Å². The fraction of sp³-hybridized carbons (Fsp3) is 0.520. The summed E-state index contributed by atoms with van der Waals surface area (Å²) in [7, 11) is 0. The number of nitrogens with zero attached hydrogens (tertiary/aromatic N) is 6. The van der Waals surface area contributed by atoms with E-state index in [4.69, 9.17) is 14.8 Å². The molecule has 2 fully saturated rings. The zero-order chi connectivity index (χ0) is 24.1. The van der Waals surface area contributed by atoms with Crippen molar-refractivity contribution in [1.29, 1.82) is 0 Å². The van der Waals surface area contributed by atoms with E-state index in [1.54, 1.807) is 11.0 Å². The first-order chi connectivity index (χ1) is 17.0. The van der Waals surface area contributed by atoms with E-state index in [1.165, 1.54) is 6.07 Å². The Labute approximate surface area is 201 Å². The maximum absolute atomic E-state index is 14.6. The van der Waals surface area contributed by atoms with E-state index >= 15 is 0 Å². The number of piperidine rings is 1. The van der Waals surface area contributed by atoms with Crippen molar-refractivity contribution >= 4 is 5.82 Å². The summed E-state index contributed by atoms with van der Waals surface area (Å²) >= 11 is 0. The maximum Gasteiger partial charge on any atom is 0.194 e. The van der Waals surface area contributed by atoms with Crippen LogP contribution in [0.5, 0.6) is 0 Å². The van der Waals surface area contributed by atoms with Crippen molar-refractivity contribution in [2.75, 3.05) is 24.6 Å². The van der Waals surface area contributed by atoms with E-state index in [2.05, 4.69) is 14.9 Å². The van der Waals surface area contributed by atoms with Gasteiger partial charge in [-0.2, -0.15) is 5.10 Å². The van der Waals surface area contributed by atoms with E-state index in [1.807, 2.05) is 13.0 Å². The molecular weight excluding hydrogens is 457 g/mol. The van der Waals surface area contributed by atoms with Crippen molar-refractivity contribution in [2.45, 2.75) is 45.3 Å². The predicted octanol–water partition coefficient (Wildman–Crippen LogP) is 4.01. The van der Waals surface area contributed by atoms with E-state index in [9.17, 15) is 13.2 Å². The first-order valence-electron chi connectivity index (χ1n) is 12.2. The van der Waals surface area contributed by atoms with Gasteiger partial charge in [0.05, 0.1) is 0 Å². The standard InChI is InChI=1S/C25H27F3N6O/c1-14-9-21(30-13-29-14)33-11-15-3-4-16(12-33)18(15)10-20-31-25-24(35-8-2-7-34(25)32-20)17-5-6-19(26)23(28)22(17)27/h5-6,9,13,15-16,18,24H,2-4,7-8,10-12H2,1H3/t15-,16+,18?,24-/m1/s1. The van der Waals surface area contributed by atoms with Gasteiger partial charge in [-0.25, -0.2) is 32.8 Å². The highest BCUT2D eigenvalue weighted by Crippen LogP contribution is 2.44. The summed E-state index contributed by atoms with van der Waals surface area (Å²) < 4.78 is 49.6. The van der Waals surface area contributed by atoms with Crippen LogP contribution in [0.2, 0.25) is 0 Å². The SMILES string of the molecule is Cc1cc(N2C[C@H]3CC[C@@H](C2)C3Cc2nc3n(n2)CCCO[C@@H]3c2ccc(F)c(F)c2F)ncn1. The van der Waals surface area contributed by atoms with Crippen LogP contribution in [0, 0.1) is 42.1 Å². The van der Waals surface area contributed by atoms with Crippen LogP contribution in [0.15, 0.2) is 24.5 Å². The van der Waals surface area contributed by atoms with Crippen LogP contribution in [0.4, 0.5) is 19.0 Å². The van der Waals surface area contributed by atoms with Crippen LogP contribution in [0.3, 0.4) is 0 Å². The Morgan fingerprint density at radius 2 is 1.86 bits per heavy atom. The second kappa shape index (κ2) is 8.89. The number of hydrogen-bond acceptors (Lipinski definition) is 6. The molecule has 3 aromatic rings. The first-order valence-corrected chi connectivity index (χ1v) is 12.2. The van der Waals surface area contributed by atoms with Crippen LogP contribution in [-0.4, -0.2) is 44.4 Å². The number of aromatic nitrogens is 5. The normalized spacial score (nSPS) is 26.0. The van der Waals surface area contributed by atoms with Crippen molar-refractivity contribution < 1.29 is 17.9 Å². The van der Waals surface area contributed by atoms with E-state index in [0.717, 1.165) is 49.9 Å². The van der Waals surface area contributed by atoms with Gasteiger partial charge in [0.1, 0.15) is 18.2 Å². The minimum Gasteiger partial charge on any atom is -0.365 e. The van der Waals surface area contributed by atoms with Crippen molar-refractivity contribution in [2.24, 2.45) is 17.8 Å². The molecule has 2 aromatic heterocycles. The lowest BCUT2D eigenvalue weighted by Gasteiger charge is -2.38. The highest BCUT2D eigenvalue weighted by molar-refractivity contribution is 5.40. The number of rotatable bonds is 4. The van der Waals surface area contributed by atoms with Gasteiger partial charge in [-0.15, -0.1) is 0 Å². The minimum absolute atomic E-state index is 0.0560. The largest absolute Gasteiger partial charge is 0.365 e. The Balaban J connectivity index is 1.24. The van der Waals surface area contributed by atoms with Crippen LogP contribution in [0.1, 0.15) is 48.3 Å². The number of hydrogen-bond donors (Lipinski definition) is 0. The van der Waals surface area contributed by atoms with Gasteiger partial charge in [-0.05, 0) is 56.1 Å². The van der Waals surface area contributed by atoms with Gasteiger partial charge in [0, 0.05) is 50.0 Å². The third-order valence-corrected chi connectivity index (χ3v) is 7.69. The lowest BCUT2D eigenvalue weighted by Crippen LogP contribution is -2.43. The van der Waals surface area contributed by atoms with Gasteiger partial charge >= 0.3 is 0 Å². The minimum atomic E-state index is -1.50. The average Bonchev–Trinajstić information content (AvgIpc) is 3.25. The molecule has 7 nitrogen and oxygen atoms in total. The maximum atomic E-state index is 14.6. The van der Waals surface area contributed by atoms with Gasteiger partial charge in [0.15, 0.2) is 29.1 Å². The topological polar surface area (TPSA) is 69.0 Å². The van der Waals surface area contributed by atoms with Crippen molar-refractivity contribution in [3.8, 4) is 0 Å². The Morgan fingerprint density at radius 3 is 2.63 bits per heavy atom. The van der Waals surface area contributed by atoms with Crippen LogP contribution < -0.4 is 4.90 Å². The zero-order valence-electron chi connectivity index (χ0n) is 19.5. The third kappa shape index (κ3) is 4.07. The molecule has 6 rings (SSSR count). The summed E-state index contributed by atoms with van der Waals surface area (Å²) in [5, 5.41) is 4.74. The molecule has 1 aromatic carbocycles. The second-order valence-electron chi connectivity index (χ2n) is 9.87. The molecule has 0 N–H and O–H groups in total. The van der Waals surface area contributed by atoms with E-state index < -0.39 is 23.6 Å². The molecule has 3 aliphatic rings. The van der Waals surface area contributed by atoms with E-state index in [-0.39, 0.29) is 5.56 Å². The Morgan fingerprint density at radius 1 is 1.06 bits per heavy atom. The summed E-state index contributed by atoms with van der Waals surface area (Å²) in [6.45, 7) is 4.80. The zero-order valence-corrected chi connectivity index (χ0v) is 19.5. The summed E-state index contributed by atoms with van der Waals surface area (Å²) in [6, 6.07) is 4.19. The fourth-order valence-electron chi connectivity index (χ4n) is 5.99. The molecular formula is C25H27F3N6O. The number of benzene rings is 1. The monoisotopic (exact) mass is 484 g/mol. The molecule has 2 bridgehead atoms. The van der Waals surface area contributed by atoms with Crippen molar-refractivity contribution in [3.05, 3.63) is 64.9 Å². The highest BCUT2D eigenvalue weighted by Gasteiger charge is 2.43. The van der Waals surface area contributed by atoms with Gasteiger partial charge in [-0.1, -0.05) is 0 Å². The molecule has 0 spiro atoms. The molecule has 0 radical (unpaired) electrons. The van der Waals surface area contributed by atoms with Gasteiger partial charge in [0.2, 0.25) is 0 Å². The molecule has 10 heteroatoms. The molecule has 184 valence electrons. The molecule has 1 unspecified atom stereocenters. The number of ether oxygens (including phenoxy) is 1. The molecule has 1 aliphatic carbocycles. The summed E-state index contributed by atoms with van der Waals surface area (Å²) in [6.07, 6.45) is 4.44. The molecule has 0 amide bonds. The van der Waals surface area contributed by atoms with Crippen LogP contribution in [0.25, 0.3) is 0 Å². The average molecular weight is 485 g/mol. The lowest BCUT2D eigenvalue weighted by molar-refractivity contribution is 0.0779. The molecule has 4 heterocycles. The van der Waals surface area contributed by atoms with Crippen molar-refractivity contribution in [3.63, 3.8) is 0 Å². The van der Waals surface area contributed by atoms with Gasteiger partial charge in [0.25, 0.3) is 0 Å². The highest BCUT2D eigenvalue weighted by atomic mass is 19.2. The quantitative estimate of drug-likeness (QED) is 0.522. The summed E-state index contributed by atoms with van der Waals surface area (Å²) in [5.74, 6) is -0.335. The summed E-state index contributed by atoms with van der Waals surface area (Å²) in [5.41, 5.74) is 0.905. The number of fused-ring (bicyclic) bond motifs is 3. The van der Waals surface area contributed by atoms with E-state index in [0.29, 0.717) is 49.0 Å². The summed E-state index contributed by atoms with van der Waals surface area (Å²) in [4.78, 5) is 15.8. The second-order valence-corrected chi connectivity index (χ2v) is 9.87. The van der Waals surface area contributed by atoms with Gasteiger partial charge < -0.3 is 9.64 Å². The first kappa shape index (κ1) is 22.5. The number of anilines is 1. The van der Waals surface area contributed by atoms with Crippen molar-refractivity contribution in [1.82, 2.24) is 24.7 Å². The molecule has 1 saturated heterocycles. The lowest BCUT2D eigenvalue weighted by atomic mass is 9.82. The fourth-order valence-corrected chi connectivity index (χ4v) is 5.99. The Hall–Kier alpha value is -3.01. The molecule has 4 atom stereocenters. The molecule has 35 heavy (non-hydrogen) atoms.